The van der Waals surface area contributed by atoms with Crippen molar-refractivity contribution in [1.29, 1.82) is 0 Å². The summed E-state index contributed by atoms with van der Waals surface area (Å²) in [5.74, 6) is 6.31. The normalized spacial score (nSPS) is 24.0. The maximum Gasteiger partial charge on any atom is 0.138 e. The molecule has 2 atom stereocenters. The van der Waals surface area contributed by atoms with Crippen molar-refractivity contribution in [2.45, 2.75) is 25.0 Å². The average Bonchev–Trinajstić information content (AvgIpc) is 2.80. The third-order valence-electron chi connectivity index (χ3n) is 2.44. The van der Waals surface area contributed by atoms with Crippen molar-refractivity contribution in [1.82, 2.24) is 5.43 Å². The van der Waals surface area contributed by atoms with Crippen LogP contribution in [0.5, 0.6) is 0 Å². The van der Waals surface area contributed by atoms with Gasteiger partial charge in [0.15, 0.2) is 0 Å². The summed E-state index contributed by atoms with van der Waals surface area (Å²) < 4.78 is 11.8. The van der Waals surface area contributed by atoms with Crippen LogP contribution in [0, 0.1) is 0 Å². The molecule has 0 radical (unpaired) electrons. The van der Waals surface area contributed by atoms with E-state index >= 15 is 0 Å². The minimum absolute atomic E-state index is 0.0677. The first-order valence-electron chi connectivity index (χ1n) is 4.63. The van der Waals surface area contributed by atoms with Gasteiger partial charge in [0.05, 0.1) is 16.8 Å². The standard InChI is InChI=1S/C9H13BrN2O2/c10-6-3-5-14-9(6)8(12-11)7-2-1-4-13-7/h3,5,7-8,12H,1-2,4,11H2. The Kier molecular flexibility index (Phi) is 3.22. The van der Waals surface area contributed by atoms with Crippen LogP contribution < -0.4 is 11.3 Å². The Morgan fingerprint density at radius 3 is 3.00 bits per heavy atom. The van der Waals surface area contributed by atoms with E-state index in [1.807, 2.05) is 6.07 Å². The number of furan rings is 1. The number of hydrazine groups is 1. The molecule has 2 heterocycles. The first-order chi connectivity index (χ1) is 6.83. The third kappa shape index (κ3) is 1.86. The van der Waals surface area contributed by atoms with E-state index in [1.54, 1.807) is 6.26 Å². The second-order valence-corrected chi connectivity index (χ2v) is 4.18. The van der Waals surface area contributed by atoms with Crippen LogP contribution in [0.4, 0.5) is 0 Å². The molecule has 1 aromatic rings. The van der Waals surface area contributed by atoms with Crippen molar-refractivity contribution < 1.29 is 9.15 Å². The van der Waals surface area contributed by atoms with Gasteiger partial charge in [-0.1, -0.05) is 0 Å². The maximum atomic E-state index is 5.56. The lowest BCUT2D eigenvalue weighted by Crippen LogP contribution is -2.36. The van der Waals surface area contributed by atoms with Crippen LogP contribution in [0.3, 0.4) is 0 Å². The van der Waals surface area contributed by atoms with Gasteiger partial charge in [-0.3, -0.25) is 5.84 Å². The van der Waals surface area contributed by atoms with Gasteiger partial charge in [0.25, 0.3) is 0 Å². The molecular weight excluding hydrogens is 248 g/mol. The molecule has 0 saturated carbocycles. The molecule has 0 bridgehead atoms. The Bertz CT molecular complexity index is 297. The summed E-state index contributed by atoms with van der Waals surface area (Å²) in [6.07, 6.45) is 3.85. The van der Waals surface area contributed by atoms with E-state index in [0.717, 1.165) is 29.7 Å². The lowest BCUT2D eigenvalue weighted by molar-refractivity contribution is 0.0710. The molecule has 1 fully saturated rings. The van der Waals surface area contributed by atoms with Crippen molar-refractivity contribution >= 4 is 15.9 Å². The SMILES string of the molecule is NNC(c1occc1Br)C1CCCO1. The number of nitrogens with one attached hydrogen (secondary N) is 1. The quantitative estimate of drug-likeness (QED) is 0.642. The summed E-state index contributed by atoms with van der Waals surface area (Å²) in [5, 5.41) is 0. The Balaban J connectivity index is 2.16. The van der Waals surface area contributed by atoms with E-state index in [4.69, 9.17) is 15.0 Å². The number of hydrogen-bond donors (Lipinski definition) is 2. The van der Waals surface area contributed by atoms with Gasteiger partial charge in [0, 0.05) is 6.61 Å². The second kappa shape index (κ2) is 4.44. The fourth-order valence-electron chi connectivity index (χ4n) is 1.74. The molecule has 78 valence electrons. The molecule has 0 amide bonds. The first-order valence-corrected chi connectivity index (χ1v) is 5.43. The predicted molar refractivity (Wildman–Crippen MR) is 55.4 cm³/mol. The van der Waals surface area contributed by atoms with Gasteiger partial charge in [-0.25, -0.2) is 5.43 Å². The molecular formula is C9H13BrN2O2. The Hall–Kier alpha value is -0.360. The maximum absolute atomic E-state index is 5.56. The summed E-state index contributed by atoms with van der Waals surface area (Å²) in [4.78, 5) is 0. The number of rotatable bonds is 3. The molecule has 4 nitrogen and oxygen atoms in total. The summed E-state index contributed by atoms with van der Waals surface area (Å²) in [6.45, 7) is 0.807. The average molecular weight is 261 g/mol. The van der Waals surface area contributed by atoms with Crippen molar-refractivity contribution in [3.05, 3.63) is 22.6 Å². The molecule has 3 N–H and O–H groups in total. The summed E-state index contributed by atoms with van der Waals surface area (Å²) in [5.41, 5.74) is 2.74. The summed E-state index contributed by atoms with van der Waals surface area (Å²) in [7, 11) is 0. The van der Waals surface area contributed by atoms with Crippen LogP contribution in [-0.4, -0.2) is 12.7 Å². The Labute approximate surface area is 90.9 Å². The first kappa shape index (κ1) is 10.2. The molecule has 0 aromatic carbocycles. The number of nitrogens with two attached hydrogens (primary N) is 1. The molecule has 0 spiro atoms. The minimum Gasteiger partial charge on any atom is -0.466 e. The summed E-state index contributed by atoms with van der Waals surface area (Å²) >= 11 is 3.41. The smallest absolute Gasteiger partial charge is 0.138 e. The highest BCUT2D eigenvalue weighted by atomic mass is 79.9. The second-order valence-electron chi connectivity index (χ2n) is 3.33. The zero-order chi connectivity index (χ0) is 9.97. The molecule has 2 rings (SSSR count). The molecule has 2 unspecified atom stereocenters. The van der Waals surface area contributed by atoms with Crippen molar-refractivity contribution in [2.24, 2.45) is 5.84 Å². The van der Waals surface area contributed by atoms with Crippen LogP contribution >= 0.6 is 15.9 Å². The van der Waals surface area contributed by atoms with Gasteiger partial charge in [-0.05, 0) is 34.8 Å². The van der Waals surface area contributed by atoms with E-state index in [-0.39, 0.29) is 12.1 Å². The van der Waals surface area contributed by atoms with Crippen molar-refractivity contribution in [3.63, 3.8) is 0 Å². The van der Waals surface area contributed by atoms with Gasteiger partial charge in [-0.2, -0.15) is 0 Å². The number of halogens is 1. The van der Waals surface area contributed by atoms with Gasteiger partial charge in [-0.15, -0.1) is 0 Å². The van der Waals surface area contributed by atoms with Crippen LogP contribution in [0.15, 0.2) is 21.2 Å². The zero-order valence-corrected chi connectivity index (χ0v) is 9.29. The van der Waals surface area contributed by atoms with E-state index in [0.29, 0.717) is 0 Å². The van der Waals surface area contributed by atoms with E-state index < -0.39 is 0 Å². The molecule has 5 heteroatoms. The predicted octanol–water partition coefficient (Wildman–Crippen LogP) is 1.73. The molecule has 1 aromatic heterocycles. The van der Waals surface area contributed by atoms with Crippen LogP contribution in [-0.2, 0) is 4.74 Å². The highest BCUT2D eigenvalue weighted by Crippen LogP contribution is 2.31. The Morgan fingerprint density at radius 2 is 2.50 bits per heavy atom. The molecule has 14 heavy (non-hydrogen) atoms. The largest absolute Gasteiger partial charge is 0.466 e. The summed E-state index contributed by atoms with van der Waals surface area (Å²) in [6, 6.07) is 1.79. The van der Waals surface area contributed by atoms with Crippen LogP contribution in [0.1, 0.15) is 24.6 Å². The topological polar surface area (TPSA) is 60.4 Å². The van der Waals surface area contributed by atoms with Crippen LogP contribution in [0.2, 0.25) is 0 Å². The zero-order valence-electron chi connectivity index (χ0n) is 7.70. The lowest BCUT2D eigenvalue weighted by Gasteiger charge is -2.20. The number of hydrogen-bond acceptors (Lipinski definition) is 4. The van der Waals surface area contributed by atoms with Gasteiger partial charge in [0.1, 0.15) is 11.8 Å². The van der Waals surface area contributed by atoms with Gasteiger partial charge < -0.3 is 9.15 Å². The van der Waals surface area contributed by atoms with E-state index in [9.17, 15) is 0 Å². The molecule has 1 saturated heterocycles. The highest BCUT2D eigenvalue weighted by molar-refractivity contribution is 9.10. The van der Waals surface area contributed by atoms with E-state index in [1.165, 1.54) is 0 Å². The molecule has 1 aliphatic rings. The Morgan fingerprint density at radius 1 is 1.64 bits per heavy atom. The lowest BCUT2D eigenvalue weighted by atomic mass is 10.1. The molecule has 1 aliphatic heterocycles. The van der Waals surface area contributed by atoms with Gasteiger partial charge in [0.2, 0.25) is 0 Å². The van der Waals surface area contributed by atoms with E-state index in [2.05, 4.69) is 21.4 Å². The molecule has 0 aliphatic carbocycles. The fraction of sp³-hybridized carbons (Fsp3) is 0.556. The van der Waals surface area contributed by atoms with Crippen LogP contribution in [0.25, 0.3) is 0 Å². The third-order valence-corrected chi connectivity index (χ3v) is 3.10. The monoisotopic (exact) mass is 260 g/mol. The fourth-order valence-corrected chi connectivity index (χ4v) is 2.19. The van der Waals surface area contributed by atoms with Crippen molar-refractivity contribution in [2.75, 3.05) is 6.61 Å². The minimum atomic E-state index is -0.0677. The van der Waals surface area contributed by atoms with Crippen molar-refractivity contribution in [3.8, 4) is 0 Å². The number of ether oxygens (including phenoxy) is 1. The highest BCUT2D eigenvalue weighted by Gasteiger charge is 2.29. The van der Waals surface area contributed by atoms with Gasteiger partial charge >= 0.3 is 0 Å².